The standard InChI is InChI=1S/C12H9ClFNO2S2/c1-6-10(11(16)17)19-12(15-6)18-5-7-4-8(13)2-3-9(7)14/h2-4H,5H2,1H3,(H,16,17). The van der Waals surface area contributed by atoms with E-state index >= 15 is 0 Å². The quantitative estimate of drug-likeness (QED) is 0.857. The molecule has 0 amide bonds. The smallest absolute Gasteiger partial charge is 0.347 e. The summed E-state index contributed by atoms with van der Waals surface area (Å²) in [5.41, 5.74) is 0.953. The second-order valence-electron chi connectivity index (χ2n) is 3.72. The number of thioether (sulfide) groups is 1. The van der Waals surface area contributed by atoms with Gasteiger partial charge in [0.25, 0.3) is 0 Å². The van der Waals surface area contributed by atoms with Gasteiger partial charge in [0.1, 0.15) is 10.7 Å². The van der Waals surface area contributed by atoms with Crippen LogP contribution >= 0.6 is 34.7 Å². The Kier molecular flexibility index (Phi) is 4.44. The molecule has 7 heteroatoms. The van der Waals surface area contributed by atoms with Gasteiger partial charge >= 0.3 is 5.97 Å². The third kappa shape index (κ3) is 3.46. The van der Waals surface area contributed by atoms with Crippen molar-refractivity contribution in [1.29, 1.82) is 0 Å². The summed E-state index contributed by atoms with van der Waals surface area (Å²) in [6, 6.07) is 4.36. The van der Waals surface area contributed by atoms with Crippen LogP contribution < -0.4 is 0 Å². The Morgan fingerprint density at radius 3 is 2.95 bits per heavy atom. The van der Waals surface area contributed by atoms with Gasteiger partial charge in [0.15, 0.2) is 4.34 Å². The SMILES string of the molecule is Cc1nc(SCc2cc(Cl)ccc2F)sc1C(=O)O. The van der Waals surface area contributed by atoms with Crippen LogP contribution in [0.25, 0.3) is 0 Å². The van der Waals surface area contributed by atoms with E-state index in [4.69, 9.17) is 16.7 Å². The number of aryl methyl sites for hydroxylation is 1. The zero-order chi connectivity index (χ0) is 14.0. The molecule has 1 heterocycles. The molecule has 100 valence electrons. The number of thiazole rings is 1. The van der Waals surface area contributed by atoms with Gasteiger partial charge in [-0.3, -0.25) is 0 Å². The number of rotatable bonds is 4. The Hall–Kier alpha value is -1.11. The third-order valence-corrected chi connectivity index (χ3v) is 4.90. The third-order valence-electron chi connectivity index (χ3n) is 2.33. The highest BCUT2D eigenvalue weighted by molar-refractivity contribution is 8.00. The van der Waals surface area contributed by atoms with Gasteiger partial charge in [-0.2, -0.15) is 0 Å². The van der Waals surface area contributed by atoms with Gasteiger partial charge in [0, 0.05) is 10.8 Å². The summed E-state index contributed by atoms with van der Waals surface area (Å²) in [5, 5.41) is 9.40. The molecule has 0 aliphatic carbocycles. The molecule has 1 aromatic carbocycles. The van der Waals surface area contributed by atoms with Crippen molar-refractivity contribution in [3.8, 4) is 0 Å². The van der Waals surface area contributed by atoms with Crippen LogP contribution in [0.3, 0.4) is 0 Å². The molecule has 0 saturated carbocycles. The number of halogens is 2. The van der Waals surface area contributed by atoms with Gasteiger partial charge < -0.3 is 5.11 Å². The zero-order valence-electron chi connectivity index (χ0n) is 9.81. The first-order valence-corrected chi connectivity index (χ1v) is 7.43. The van der Waals surface area contributed by atoms with Crippen LogP contribution in [0.4, 0.5) is 4.39 Å². The van der Waals surface area contributed by atoms with Gasteiger partial charge in [-0.1, -0.05) is 23.4 Å². The summed E-state index contributed by atoms with van der Waals surface area (Å²) in [6.07, 6.45) is 0. The minimum absolute atomic E-state index is 0.217. The number of hydrogen-bond acceptors (Lipinski definition) is 4. The lowest BCUT2D eigenvalue weighted by Crippen LogP contribution is -1.94. The molecule has 0 bridgehead atoms. The van der Waals surface area contributed by atoms with Crippen molar-refractivity contribution >= 4 is 40.7 Å². The van der Waals surface area contributed by atoms with Crippen molar-refractivity contribution in [2.45, 2.75) is 17.0 Å². The van der Waals surface area contributed by atoms with E-state index in [-0.39, 0.29) is 10.7 Å². The Labute approximate surface area is 122 Å². The molecule has 19 heavy (non-hydrogen) atoms. The number of benzene rings is 1. The lowest BCUT2D eigenvalue weighted by atomic mass is 10.2. The fourth-order valence-corrected chi connectivity index (χ4v) is 3.62. The molecule has 0 spiro atoms. The molecule has 3 nitrogen and oxygen atoms in total. The Morgan fingerprint density at radius 1 is 1.58 bits per heavy atom. The Balaban J connectivity index is 2.12. The summed E-state index contributed by atoms with van der Waals surface area (Å²) >= 11 is 8.19. The summed E-state index contributed by atoms with van der Waals surface area (Å²) in [5.74, 6) is -0.960. The van der Waals surface area contributed by atoms with E-state index in [1.165, 1.54) is 23.9 Å². The van der Waals surface area contributed by atoms with Gasteiger partial charge in [-0.25, -0.2) is 14.2 Å². The van der Waals surface area contributed by atoms with E-state index in [1.54, 1.807) is 13.0 Å². The Bertz CT molecular complexity index is 630. The lowest BCUT2D eigenvalue weighted by Gasteiger charge is -2.01. The van der Waals surface area contributed by atoms with E-state index in [0.717, 1.165) is 11.3 Å². The molecule has 0 saturated heterocycles. The van der Waals surface area contributed by atoms with Crippen LogP contribution in [0, 0.1) is 12.7 Å². The zero-order valence-corrected chi connectivity index (χ0v) is 12.2. The summed E-state index contributed by atoms with van der Waals surface area (Å²) in [6.45, 7) is 1.64. The maximum absolute atomic E-state index is 13.5. The minimum Gasteiger partial charge on any atom is -0.477 e. The van der Waals surface area contributed by atoms with Crippen molar-refractivity contribution in [2.24, 2.45) is 0 Å². The largest absolute Gasteiger partial charge is 0.477 e. The average molecular weight is 318 g/mol. The average Bonchev–Trinajstić information content (AvgIpc) is 2.72. The monoisotopic (exact) mass is 317 g/mol. The molecular formula is C12H9ClFNO2S2. The molecule has 2 aromatic rings. The highest BCUT2D eigenvalue weighted by Crippen LogP contribution is 2.30. The van der Waals surface area contributed by atoms with Crippen molar-refractivity contribution in [2.75, 3.05) is 0 Å². The molecule has 0 fully saturated rings. The number of carboxylic acid groups (broad SMARTS) is 1. The maximum atomic E-state index is 13.5. The highest BCUT2D eigenvalue weighted by Gasteiger charge is 2.14. The van der Waals surface area contributed by atoms with Crippen LogP contribution in [0.5, 0.6) is 0 Å². The van der Waals surface area contributed by atoms with Crippen molar-refractivity contribution in [1.82, 2.24) is 4.98 Å². The van der Waals surface area contributed by atoms with Gasteiger partial charge in [-0.05, 0) is 30.7 Å². The number of aromatic nitrogens is 1. The van der Waals surface area contributed by atoms with E-state index in [2.05, 4.69) is 4.98 Å². The number of aromatic carboxylic acids is 1. The molecule has 0 radical (unpaired) electrons. The van der Waals surface area contributed by atoms with E-state index in [9.17, 15) is 9.18 Å². The van der Waals surface area contributed by atoms with Crippen LogP contribution in [-0.4, -0.2) is 16.1 Å². The number of carbonyl (C=O) groups is 1. The first-order chi connectivity index (χ1) is 8.97. The molecule has 1 N–H and O–H groups in total. The number of hydrogen-bond donors (Lipinski definition) is 1. The first kappa shape index (κ1) is 14.3. The summed E-state index contributed by atoms with van der Waals surface area (Å²) in [4.78, 5) is 15.3. The van der Waals surface area contributed by atoms with Gasteiger partial charge in [0.2, 0.25) is 0 Å². The lowest BCUT2D eigenvalue weighted by molar-refractivity contribution is 0.0701. The Morgan fingerprint density at radius 2 is 2.32 bits per heavy atom. The highest BCUT2D eigenvalue weighted by atomic mass is 35.5. The van der Waals surface area contributed by atoms with Crippen molar-refractivity contribution in [3.05, 3.63) is 45.2 Å². The molecule has 2 rings (SSSR count). The normalized spacial score (nSPS) is 10.7. The molecule has 0 aliphatic rings. The van der Waals surface area contributed by atoms with Crippen LogP contribution in [0.15, 0.2) is 22.5 Å². The predicted molar refractivity (Wildman–Crippen MR) is 74.8 cm³/mol. The topological polar surface area (TPSA) is 50.2 Å². The van der Waals surface area contributed by atoms with Gasteiger partial charge in [0.05, 0.1) is 5.69 Å². The maximum Gasteiger partial charge on any atom is 0.347 e. The fraction of sp³-hybridized carbons (Fsp3) is 0.167. The fourth-order valence-electron chi connectivity index (χ4n) is 1.43. The van der Waals surface area contributed by atoms with Crippen molar-refractivity contribution < 1.29 is 14.3 Å². The van der Waals surface area contributed by atoms with Crippen LogP contribution in [0.1, 0.15) is 20.9 Å². The summed E-state index contributed by atoms with van der Waals surface area (Å²) < 4.78 is 14.1. The number of nitrogens with zero attached hydrogens (tertiary/aromatic N) is 1. The van der Waals surface area contributed by atoms with E-state index in [0.29, 0.717) is 26.4 Å². The van der Waals surface area contributed by atoms with E-state index < -0.39 is 5.97 Å². The predicted octanol–water partition coefficient (Wildman–Crippen LogP) is 4.23. The van der Waals surface area contributed by atoms with Crippen molar-refractivity contribution in [3.63, 3.8) is 0 Å². The molecule has 0 aliphatic heterocycles. The minimum atomic E-state index is -0.990. The molecular weight excluding hydrogens is 309 g/mol. The second-order valence-corrected chi connectivity index (χ2v) is 6.38. The molecule has 0 atom stereocenters. The van der Waals surface area contributed by atoms with Crippen LogP contribution in [-0.2, 0) is 5.75 Å². The van der Waals surface area contributed by atoms with Crippen LogP contribution in [0.2, 0.25) is 5.02 Å². The second kappa shape index (κ2) is 5.90. The van der Waals surface area contributed by atoms with Gasteiger partial charge in [-0.15, -0.1) is 11.3 Å². The number of carboxylic acids is 1. The first-order valence-electron chi connectivity index (χ1n) is 5.25. The summed E-state index contributed by atoms with van der Waals surface area (Å²) in [7, 11) is 0. The molecule has 0 unspecified atom stereocenters. The molecule has 1 aromatic heterocycles. The van der Waals surface area contributed by atoms with E-state index in [1.807, 2.05) is 0 Å².